The standard InChI is InChI=1S/C13H17F2NO3/c1-13(2,3)19-12(18)16-5-4-9-10(14)6-8(17)7-11(9)15/h6-7,17H,4-5H2,1-3H3,(H,16,18). The van der Waals surface area contributed by atoms with E-state index >= 15 is 0 Å². The average Bonchev–Trinajstić information content (AvgIpc) is 2.19. The third-order valence-corrected chi connectivity index (χ3v) is 2.17. The topological polar surface area (TPSA) is 58.6 Å². The van der Waals surface area contributed by atoms with Crippen LogP contribution in [0.2, 0.25) is 0 Å². The Balaban J connectivity index is 2.52. The second-order valence-corrected chi connectivity index (χ2v) is 5.07. The minimum atomic E-state index is -0.844. The van der Waals surface area contributed by atoms with Crippen molar-refractivity contribution < 1.29 is 23.4 Å². The molecule has 0 aliphatic carbocycles. The molecule has 0 radical (unpaired) electrons. The van der Waals surface area contributed by atoms with Crippen molar-refractivity contribution >= 4 is 6.09 Å². The van der Waals surface area contributed by atoms with Crippen molar-refractivity contribution in [3.63, 3.8) is 0 Å². The summed E-state index contributed by atoms with van der Waals surface area (Å²) < 4.78 is 31.7. The van der Waals surface area contributed by atoms with Gasteiger partial charge in [-0.1, -0.05) is 0 Å². The number of rotatable bonds is 3. The molecule has 0 unspecified atom stereocenters. The Bertz CT molecular complexity index is 446. The van der Waals surface area contributed by atoms with E-state index in [1.165, 1.54) is 0 Å². The van der Waals surface area contributed by atoms with E-state index in [9.17, 15) is 13.6 Å². The second-order valence-electron chi connectivity index (χ2n) is 5.07. The Hall–Kier alpha value is -1.85. The molecule has 0 aliphatic heterocycles. The quantitative estimate of drug-likeness (QED) is 0.890. The van der Waals surface area contributed by atoms with Crippen LogP contribution in [-0.4, -0.2) is 23.3 Å². The fraction of sp³-hybridized carbons (Fsp3) is 0.462. The van der Waals surface area contributed by atoms with Crippen LogP contribution in [0.5, 0.6) is 5.75 Å². The van der Waals surface area contributed by atoms with Gasteiger partial charge in [-0.3, -0.25) is 0 Å². The lowest BCUT2D eigenvalue weighted by molar-refractivity contribution is 0.0528. The minimum Gasteiger partial charge on any atom is -0.508 e. The molecule has 0 saturated heterocycles. The summed E-state index contributed by atoms with van der Waals surface area (Å²) in [5.74, 6) is -2.16. The fourth-order valence-corrected chi connectivity index (χ4v) is 1.43. The number of hydrogen-bond donors (Lipinski definition) is 2. The number of hydrogen-bond acceptors (Lipinski definition) is 3. The molecule has 19 heavy (non-hydrogen) atoms. The van der Waals surface area contributed by atoms with E-state index in [2.05, 4.69) is 5.32 Å². The highest BCUT2D eigenvalue weighted by molar-refractivity contribution is 5.67. The molecule has 1 amide bonds. The number of nitrogens with one attached hydrogen (secondary N) is 1. The smallest absolute Gasteiger partial charge is 0.407 e. The average molecular weight is 273 g/mol. The minimum absolute atomic E-state index is 0.0306. The molecule has 1 aromatic carbocycles. The van der Waals surface area contributed by atoms with Crippen molar-refractivity contribution in [3.8, 4) is 5.75 Å². The van der Waals surface area contributed by atoms with Gasteiger partial charge in [0.1, 0.15) is 23.0 Å². The molecule has 0 spiro atoms. The summed E-state index contributed by atoms with van der Waals surface area (Å²) in [5.41, 5.74) is -0.812. The number of amides is 1. The maximum Gasteiger partial charge on any atom is 0.407 e. The van der Waals surface area contributed by atoms with Gasteiger partial charge in [0, 0.05) is 24.2 Å². The molecule has 0 fully saturated rings. The van der Waals surface area contributed by atoms with Crippen molar-refractivity contribution in [2.75, 3.05) is 6.54 Å². The van der Waals surface area contributed by atoms with E-state index < -0.39 is 29.1 Å². The molecule has 0 heterocycles. The maximum atomic E-state index is 13.4. The van der Waals surface area contributed by atoms with Crippen molar-refractivity contribution in [1.82, 2.24) is 5.32 Å². The molecule has 4 nitrogen and oxygen atoms in total. The molecule has 0 saturated carbocycles. The summed E-state index contributed by atoms with van der Waals surface area (Å²) in [6.07, 6.45) is -0.677. The molecule has 2 N–H and O–H groups in total. The first-order valence-electron chi connectivity index (χ1n) is 5.83. The Labute approximate surface area is 110 Å². The molecular formula is C13H17F2NO3. The first-order valence-corrected chi connectivity index (χ1v) is 5.83. The lowest BCUT2D eigenvalue weighted by Crippen LogP contribution is -2.33. The first-order chi connectivity index (χ1) is 8.69. The lowest BCUT2D eigenvalue weighted by Gasteiger charge is -2.19. The van der Waals surface area contributed by atoms with Gasteiger partial charge in [-0.25, -0.2) is 13.6 Å². The first kappa shape index (κ1) is 15.2. The third-order valence-electron chi connectivity index (χ3n) is 2.17. The van der Waals surface area contributed by atoms with E-state index in [1.807, 2.05) is 0 Å². The van der Waals surface area contributed by atoms with Crippen molar-refractivity contribution in [1.29, 1.82) is 0 Å². The van der Waals surface area contributed by atoms with Crippen molar-refractivity contribution in [2.24, 2.45) is 0 Å². The SMILES string of the molecule is CC(C)(C)OC(=O)NCCc1c(F)cc(O)cc1F. The van der Waals surface area contributed by atoms with Gasteiger partial charge in [0.25, 0.3) is 0 Å². The summed E-state index contributed by atoms with van der Waals surface area (Å²) in [6.45, 7) is 5.18. The van der Waals surface area contributed by atoms with Gasteiger partial charge in [0.15, 0.2) is 0 Å². The molecule has 0 aromatic heterocycles. The van der Waals surface area contributed by atoms with E-state index in [1.54, 1.807) is 20.8 Å². The zero-order valence-electron chi connectivity index (χ0n) is 11.1. The highest BCUT2D eigenvalue weighted by Gasteiger charge is 2.16. The third kappa shape index (κ3) is 5.11. The summed E-state index contributed by atoms with van der Waals surface area (Å²) in [6, 6.07) is 1.65. The number of ether oxygens (including phenoxy) is 1. The maximum absolute atomic E-state index is 13.4. The highest BCUT2D eigenvalue weighted by atomic mass is 19.1. The van der Waals surface area contributed by atoms with Gasteiger partial charge < -0.3 is 15.2 Å². The number of alkyl carbamates (subject to hydrolysis) is 1. The predicted molar refractivity (Wildman–Crippen MR) is 66.0 cm³/mol. The van der Waals surface area contributed by atoms with Gasteiger partial charge in [-0.15, -0.1) is 0 Å². The molecule has 0 atom stereocenters. The summed E-state index contributed by atoms with van der Waals surface area (Å²) in [7, 11) is 0. The second kappa shape index (κ2) is 5.86. The fourth-order valence-electron chi connectivity index (χ4n) is 1.43. The van der Waals surface area contributed by atoms with E-state index in [0.717, 1.165) is 12.1 Å². The van der Waals surface area contributed by atoms with Crippen LogP contribution in [0.3, 0.4) is 0 Å². The van der Waals surface area contributed by atoms with Crippen LogP contribution in [0.4, 0.5) is 13.6 Å². The summed E-state index contributed by atoms with van der Waals surface area (Å²) >= 11 is 0. The normalized spacial score (nSPS) is 11.2. The zero-order valence-corrected chi connectivity index (χ0v) is 11.1. The lowest BCUT2D eigenvalue weighted by atomic mass is 10.1. The Morgan fingerprint density at radius 1 is 1.32 bits per heavy atom. The van der Waals surface area contributed by atoms with Gasteiger partial charge >= 0.3 is 6.09 Å². The number of aromatic hydroxyl groups is 1. The van der Waals surface area contributed by atoms with Crippen LogP contribution in [0.15, 0.2) is 12.1 Å². The number of phenolic OH excluding ortho intramolecular Hbond substituents is 1. The van der Waals surface area contributed by atoms with Gasteiger partial charge in [0.2, 0.25) is 0 Å². The van der Waals surface area contributed by atoms with Crippen LogP contribution in [0.25, 0.3) is 0 Å². The molecule has 0 bridgehead atoms. The Morgan fingerprint density at radius 2 is 1.84 bits per heavy atom. The predicted octanol–water partition coefficient (Wildman–Crippen LogP) is 2.74. The van der Waals surface area contributed by atoms with Gasteiger partial charge in [0.05, 0.1) is 0 Å². The number of phenols is 1. The van der Waals surface area contributed by atoms with E-state index in [4.69, 9.17) is 9.84 Å². The number of carbonyl (C=O) groups is 1. The number of benzene rings is 1. The Kier molecular flexibility index (Phi) is 4.69. The van der Waals surface area contributed by atoms with Crippen LogP contribution in [0, 0.1) is 11.6 Å². The largest absolute Gasteiger partial charge is 0.508 e. The van der Waals surface area contributed by atoms with Crippen molar-refractivity contribution in [2.45, 2.75) is 32.8 Å². The van der Waals surface area contributed by atoms with E-state index in [0.29, 0.717) is 0 Å². The van der Waals surface area contributed by atoms with Crippen LogP contribution < -0.4 is 5.32 Å². The monoisotopic (exact) mass is 273 g/mol. The molecular weight excluding hydrogens is 256 g/mol. The molecule has 1 rings (SSSR count). The van der Waals surface area contributed by atoms with Gasteiger partial charge in [-0.05, 0) is 27.2 Å². The van der Waals surface area contributed by atoms with Crippen LogP contribution >= 0.6 is 0 Å². The Morgan fingerprint density at radius 3 is 2.32 bits per heavy atom. The highest BCUT2D eigenvalue weighted by Crippen LogP contribution is 2.19. The van der Waals surface area contributed by atoms with Crippen LogP contribution in [-0.2, 0) is 11.2 Å². The molecule has 6 heteroatoms. The summed E-state index contributed by atoms with van der Waals surface area (Å²) in [5, 5.41) is 11.4. The van der Waals surface area contributed by atoms with Crippen LogP contribution in [0.1, 0.15) is 26.3 Å². The number of halogens is 2. The van der Waals surface area contributed by atoms with E-state index in [-0.39, 0.29) is 18.5 Å². The summed E-state index contributed by atoms with van der Waals surface area (Å²) in [4.78, 5) is 11.3. The zero-order chi connectivity index (χ0) is 14.6. The molecule has 0 aliphatic rings. The molecule has 106 valence electrons. The van der Waals surface area contributed by atoms with Gasteiger partial charge in [-0.2, -0.15) is 0 Å². The van der Waals surface area contributed by atoms with Crippen molar-refractivity contribution in [3.05, 3.63) is 29.3 Å². The number of carbonyl (C=O) groups excluding carboxylic acids is 1. The molecule has 1 aromatic rings.